The second kappa shape index (κ2) is 7.47. The maximum atomic E-state index is 9.24. The van der Waals surface area contributed by atoms with Gasteiger partial charge in [0.1, 0.15) is 0 Å². The van der Waals surface area contributed by atoms with Gasteiger partial charge in [-0.3, -0.25) is 0 Å². The SMILES string of the molecule is COCCSc1nc(CO)cn1Cc1ccc(C)cc1. The number of aliphatic hydroxyl groups is 1. The summed E-state index contributed by atoms with van der Waals surface area (Å²) in [7, 11) is 1.69. The summed E-state index contributed by atoms with van der Waals surface area (Å²) in [6.07, 6.45) is 1.91. The molecule has 2 aromatic rings. The Balaban J connectivity index is 2.12. The van der Waals surface area contributed by atoms with Crippen molar-refractivity contribution >= 4 is 11.8 Å². The highest BCUT2D eigenvalue weighted by atomic mass is 32.2. The number of nitrogens with zero attached hydrogens (tertiary/aromatic N) is 2. The first-order valence-corrected chi connectivity index (χ1v) is 7.55. The second-order valence-corrected chi connectivity index (χ2v) is 5.69. The number of aliphatic hydroxyl groups excluding tert-OH is 1. The summed E-state index contributed by atoms with van der Waals surface area (Å²) in [5.41, 5.74) is 3.19. The van der Waals surface area contributed by atoms with Crippen LogP contribution in [0.3, 0.4) is 0 Å². The van der Waals surface area contributed by atoms with E-state index < -0.39 is 0 Å². The second-order valence-electron chi connectivity index (χ2n) is 4.63. The van der Waals surface area contributed by atoms with Crippen molar-refractivity contribution in [3.63, 3.8) is 0 Å². The van der Waals surface area contributed by atoms with Gasteiger partial charge in [0, 0.05) is 25.6 Å². The minimum absolute atomic E-state index is 0.0290. The number of imidazole rings is 1. The molecule has 0 radical (unpaired) electrons. The fourth-order valence-corrected chi connectivity index (χ4v) is 2.76. The third-order valence-corrected chi connectivity index (χ3v) is 3.90. The first kappa shape index (κ1) is 15.1. The number of aryl methyl sites for hydroxylation is 1. The molecule has 1 N–H and O–H groups in total. The summed E-state index contributed by atoms with van der Waals surface area (Å²) < 4.78 is 7.14. The van der Waals surface area contributed by atoms with Gasteiger partial charge in [0.05, 0.1) is 18.9 Å². The molecule has 1 heterocycles. The lowest BCUT2D eigenvalue weighted by molar-refractivity contribution is 0.218. The Morgan fingerprint density at radius 1 is 1.30 bits per heavy atom. The van der Waals surface area contributed by atoms with E-state index in [1.807, 2.05) is 6.20 Å². The predicted molar refractivity (Wildman–Crippen MR) is 81.0 cm³/mol. The molecule has 0 amide bonds. The number of hydrogen-bond acceptors (Lipinski definition) is 4. The highest BCUT2D eigenvalue weighted by molar-refractivity contribution is 7.99. The molecule has 4 nitrogen and oxygen atoms in total. The van der Waals surface area contributed by atoms with E-state index in [1.165, 1.54) is 11.1 Å². The first-order chi connectivity index (χ1) is 9.72. The van der Waals surface area contributed by atoms with Crippen LogP contribution in [0, 0.1) is 6.92 Å². The van der Waals surface area contributed by atoms with E-state index in [0.717, 1.165) is 17.5 Å². The van der Waals surface area contributed by atoms with Crippen molar-refractivity contribution in [1.82, 2.24) is 9.55 Å². The van der Waals surface area contributed by atoms with Gasteiger partial charge >= 0.3 is 0 Å². The predicted octanol–water partition coefficient (Wildman–Crippen LogP) is 2.47. The molecule has 0 fully saturated rings. The Morgan fingerprint density at radius 3 is 2.70 bits per heavy atom. The van der Waals surface area contributed by atoms with Crippen LogP contribution in [0.5, 0.6) is 0 Å². The summed E-state index contributed by atoms with van der Waals surface area (Å²) in [6, 6.07) is 8.46. The van der Waals surface area contributed by atoms with Crippen LogP contribution in [-0.4, -0.2) is 34.1 Å². The summed E-state index contributed by atoms with van der Waals surface area (Å²) >= 11 is 1.65. The molecule has 0 saturated carbocycles. The molecule has 1 aromatic carbocycles. The maximum Gasteiger partial charge on any atom is 0.168 e. The van der Waals surface area contributed by atoms with Crippen LogP contribution in [0.25, 0.3) is 0 Å². The fraction of sp³-hybridized carbons (Fsp3) is 0.400. The molecule has 20 heavy (non-hydrogen) atoms. The van der Waals surface area contributed by atoms with E-state index in [9.17, 15) is 5.11 Å². The molecule has 0 saturated heterocycles. The normalized spacial score (nSPS) is 10.9. The molecule has 2 rings (SSSR count). The van der Waals surface area contributed by atoms with Gasteiger partial charge in [-0.15, -0.1) is 0 Å². The van der Waals surface area contributed by atoms with Gasteiger partial charge in [-0.25, -0.2) is 4.98 Å². The highest BCUT2D eigenvalue weighted by Crippen LogP contribution is 2.19. The molecule has 0 aliphatic carbocycles. The Bertz CT molecular complexity index is 537. The van der Waals surface area contributed by atoms with Crippen LogP contribution in [0.4, 0.5) is 0 Å². The Hall–Kier alpha value is -1.30. The molecule has 0 unspecified atom stereocenters. The van der Waals surface area contributed by atoms with Crippen LogP contribution >= 0.6 is 11.8 Å². The van der Waals surface area contributed by atoms with Gasteiger partial charge in [-0.2, -0.15) is 0 Å². The summed E-state index contributed by atoms with van der Waals surface area (Å²) in [5, 5.41) is 10.2. The van der Waals surface area contributed by atoms with Crippen molar-refractivity contribution in [2.75, 3.05) is 19.5 Å². The molecule has 0 aliphatic rings. The zero-order valence-electron chi connectivity index (χ0n) is 11.9. The topological polar surface area (TPSA) is 47.3 Å². The monoisotopic (exact) mass is 292 g/mol. The zero-order chi connectivity index (χ0) is 14.4. The maximum absolute atomic E-state index is 9.24. The van der Waals surface area contributed by atoms with Crippen molar-refractivity contribution in [1.29, 1.82) is 0 Å². The summed E-state index contributed by atoms with van der Waals surface area (Å²) in [5.74, 6) is 0.853. The minimum atomic E-state index is -0.0290. The Kier molecular flexibility index (Phi) is 5.64. The molecule has 108 valence electrons. The van der Waals surface area contributed by atoms with Crippen LogP contribution in [-0.2, 0) is 17.9 Å². The van der Waals surface area contributed by atoms with Crippen molar-refractivity contribution in [3.05, 3.63) is 47.3 Å². The van der Waals surface area contributed by atoms with Crippen molar-refractivity contribution in [3.8, 4) is 0 Å². The van der Waals surface area contributed by atoms with Gasteiger partial charge in [0.25, 0.3) is 0 Å². The van der Waals surface area contributed by atoms with Crippen molar-refractivity contribution in [2.24, 2.45) is 0 Å². The Morgan fingerprint density at radius 2 is 2.05 bits per heavy atom. The van der Waals surface area contributed by atoms with Crippen molar-refractivity contribution < 1.29 is 9.84 Å². The number of benzene rings is 1. The molecular formula is C15H20N2O2S. The van der Waals surface area contributed by atoms with Gasteiger partial charge in [-0.05, 0) is 12.5 Å². The van der Waals surface area contributed by atoms with Gasteiger partial charge in [0.2, 0.25) is 0 Å². The number of thioether (sulfide) groups is 1. The van der Waals surface area contributed by atoms with Gasteiger partial charge < -0.3 is 14.4 Å². The highest BCUT2D eigenvalue weighted by Gasteiger charge is 2.08. The lowest BCUT2D eigenvalue weighted by Crippen LogP contribution is -2.01. The molecule has 5 heteroatoms. The fourth-order valence-electron chi connectivity index (χ4n) is 1.86. The standard InChI is InChI=1S/C15H20N2O2S/c1-12-3-5-13(6-4-12)9-17-10-14(11-18)16-15(17)20-8-7-19-2/h3-6,10,18H,7-9,11H2,1-2H3. The van der Waals surface area contributed by atoms with E-state index in [2.05, 4.69) is 40.7 Å². The smallest absolute Gasteiger partial charge is 0.168 e. The van der Waals surface area contributed by atoms with Gasteiger partial charge in [-0.1, -0.05) is 41.6 Å². The lowest BCUT2D eigenvalue weighted by Gasteiger charge is -2.07. The number of hydrogen-bond donors (Lipinski definition) is 1. The van der Waals surface area contributed by atoms with E-state index in [0.29, 0.717) is 12.3 Å². The number of aromatic nitrogens is 2. The largest absolute Gasteiger partial charge is 0.390 e. The number of methoxy groups -OCH3 is 1. The van der Waals surface area contributed by atoms with E-state index in [4.69, 9.17) is 4.74 Å². The summed E-state index contributed by atoms with van der Waals surface area (Å²) in [4.78, 5) is 4.43. The van der Waals surface area contributed by atoms with Crippen LogP contribution in [0.15, 0.2) is 35.6 Å². The van der Waals surface area contributed by atoms with Crippen LogP contribution < -0.4 is 0 Å². The minimum Gasteiger partial charge on any atom is -0.390 e. The van der Waals surface area contributed by atoms with E-state index >= 15 is 0 Å². The summed E-state index contributed by atoms with van der Waals surface area (Å²) in [6.45, 7) is 3.51. The molecule has 0 aliphatic heterocycles. The third kappa shape index (κ3) is 4.10. The molecule has 0 bridgehead atoms. The molecule has 0 spiro atoms. The number of ether oxygens (including phenoxy) is 1. The average Bonchev–Trinajstić information content (AvgIpc) is 2.84. The van der Waals surface area contributed by atoms with Gasteiger partial charge in [0.15, 0.2) is 5.16 Å². The molecule has 0 atom stereocenters. The van der Waals surface area contributed by atoms with E-state index in [1.54, 1.807) is 18.9 Å². The quantitative estimate of drug-likeness (QED) is 0.629. The van der Waals surface area contributed by atoms with Crippen molar-refractivity contribution in [2.45, 2.75) is 25.2 Å². The lowest BCUT2D eigenvalue weighted by atomic mass is 10.1. The average molecular weight is 292 g/mol. The Labute approximate surface area is 123 Å². The van der Waals surface area contributed by atoms with Crippen LogP contribution in [0.2, 0.25) is 0 Å². The van der Waals surface area contributed by atoms with Crippen LogP contribution in [0.1, 0.15) is 16.8 Å². The van der Waals surface area contributed by atoms with E-state index in [-0.39, 0.29) is 6.61 Å². The first-order valence-electron chi connectivity index (χ1n) is 6.57. The zero-order valence-corrected chi connectivity index (χ0v) is 12.7. The molecule has 1 aromatic heterocycles. The third-order valence-electron chi connectivity index (χ3n) is 2.94. The number of rotatable bonds is 7. The molecular weight excluding hydrogens is 272 g/mol.